The number of nitrogens with zero attached hydrogens (tertiary/aromatic N) is 1. The van der Waals surface area contributed by atoms with Crippen molar-refractivity contribution in [1.82, 2.24) is 0 Å². The predicted molar refractivity (Wildman–Crippen MR) is 41.5 cm³/mol. The summed E-state index contributed by atoms with van der Waals surface area (Å²) in [7, 11) is 0. The average molecular weight is 145 g/mol. The molecular weight excluding hydrogens is 134 g/mol. The summed E-state index contributed by atoms with van der Waals surface area (Å²) in [5, 5.41) is 1.27. The summed E-state index contributed by atoms with van der Waals surface area (Å²) >= 11 is 1.64. The Morgan fingerprint density at radius 1 is 1.78 bits per heavy atom. The normalized spacial score (nSPS) is 26.3. The molecule has 0 bridgehead atoms. The van der Waals surface area contributed by atoms with Crippen molar-refractivity contribution in [2.75, 3.05) is 13.1 Å². The Morgan fingerprint density at radius 2 is 2.56 bits per heavy atom. The second-order valence-electron chi connectivity index (χ2n) is 2.00. The van der Waals surface area contributed by atoms with Crippen molar-refractivity contribution < 1.29 is 0 Å². The molecule has 0 fully saturated rings. The third-order valence-corrected chi connectivity index (χ3v) is 2.32. The van der Waals surface area contributed by atoms with Gasteiger partial charge in [-0.3, -0.25) is 4.99 Å². The molecule has 0 aromatic carbocycles. The lowest BCUT2D eigenvalue weighted by Gasteiger charge is -2.02. The Kier molecular flexibility index (Phi) is 2.36. The topological polar surface area (TPSA) is 64.4 Å². The number of hydrogen-bond acceptors (Lipinski definition) is 4. The lowest BCUT2D eigenvalue weighted by Crippen LogP contribution is -2.12. The van der Waals surface area contributed by atoms with Crippen LogP contribution in [0.3, 0.4) is 0 Å². The highest BCUT2D eigenvalue weighted by atomic mass is 32.2. The van der Waals surface area contributed by atoms with Gasteiger partial charge < -0.3 is 11.5 Å². The third kappa shape index (κ3) is 1.87. The van der Waals surface area contributed by atoms with Crippen LogP contribution in [0.5, 0.6) is 0 Å². The second-order valence-corrected chi connectivity index (χ2v) is 3.32. The molecule has 3 nitrogen and oxygen atoms in total. The Labute approximate surface area is 58.9 Å². The Hall–Kier alpha value is -0.220. The third-order valence-electron chi connectivity index (χ3n) is 1.23. The summed E-state index contributed by atoms with van der Waals surface area (Å²) in [6, 6.07) is 0. The smallest absolute Gasteiger partial charge is 0.154 e. The second kappa shape index (κ2) is 3.08. The van der Waals surface area contributed by atoms with E-state index in [1.54, 1.807) is 11.8 Å². The number of thioether (sulfide) groups is 1. The number of nitrogens with two attached hydrogens (primary N) is 2. The zero-order valence-corrected chi connectivity index (χ0v) is 6.03. The number of amidine groups is 1. The SMILES string of the molecule is NCCC1CN=C(N)S1. The molecule has 0 aromatic rings. The molecule has 0 aromatic heterocycles. The van der Waals surface area contributed by atoms with E-state index in [0.29, 0.717) is 10.4 Å². The molecule has 4 N–H and O–H groups in total. The minimum Gasteiger partial charge on any atom is -0.379 e. The summed E-state index contributed by atoms with van der Waals surface area (Å²) in [6.45, 7) is 1.59. The van der Waals surface area contributed by atoms with Gasteiger partial charge in [0.05, 0.1) is 6.54 Å². The Morgan fingerprint density at radius 3 is 3.00 bits per heavy atom. The molecular formula is C5H11N3S. The van der Waals surface area contributed by atoms with Crippen molar-refractivity contribution in [2.24, 2.45) is 16.5 Å². The van der Waals surface area contributed by atoms with Crippen LogP contribution in [0.2, 0.25) is 0 Å². The van der Waals surface area contributed by atoms with Crippen molar-refractivity contribution in [2.45, 2.75) is 11.7 Å². The minimum absolute atomic E-state index is 0.551. The van der Waals surface area contributed by atoms with Crippen LogP contribution in [0, 0.1) is 0 Å². The van der Waals surface area contributed by atoms with Gasteiger partial charge in [-0.05, 0) is 13.0 Å². The van der Waals surface area contributed by atoms with Crippen LogP contribution >= 0.6 is 11.8 Å². The van der Waals surface area contributed by atoms with Gasteiger partial charge in [-0.2, -0.15) is 0 Å². The maximum Gasteiger partial charge on any atom is 0.154 e. The van der Waals surface area contributed by atoms with Crippen molar-refractivity contribution in [3.63, 3.8) is 0 Å². The van der Waals surface area contributed by atoms with Gasteiger partial charge in [-0.25, -0.2) is 0 Å². The summed E-state index contributed by atoms with van der Waals surface area (Å²) in [4.78, 5) is 4.04. The molecule has 4 heteroatoms. The predicted octanol–water partition coefficient (Wildman–Crippen LogP) is -0.235. The van der Waals surface area contributed by atoms with Crippen molar-refractivity contribution in [3.8, 4) is 0 Å². The van der Waals surface area contributed by atoms with Crippen molar-refractivity contribution >= 4 is 16.9 Å². The first-order valence-corrected chi connectivity index (χ1v) is 3.87. The highest BCUT2D eigenvalue weighted by Crippen LogP contribution is 2.19. The number of rotatable bonds is 2. The fraction of sp³-hybridized carbons (Fsp3) is 0.800. The van der Waals surface area contributed by atoms with Crippen molar-refractivity contribution in [3.05, 3.63) is 0 Å². The fourth-order valence-corrected chi connectivity index (χ4v) is 1.67. The monoisotopic (exact) mass is 145 g/mol. The molecule has 1 atom stereocenters. The van der Waals surface area contributed by atoms with Crippen LogP contribution in [0.15, 0.2) is 4.99 Å². The molecule has 1 aliphatic heterocycles. The van der Waals surface area contributed by atoms with Gasteiger partial charge in [0.25, 0.3) is 0 Å². The standard InChI is InChI=1S/C5H11N3S/c6-2-1-4-3-8-5(7)9-4/h4H,1-3,6H2,(H2,7,8). The van der Waals surface area contributed by atoms with E-state index >= 15 is 0 Å². The lowest BCUT2D eigenvalue weighted by molar-refractivity contribution is 0.784. The van der Waals surface area contributed by atoms with Gasteiger partial charge in [-0.1, -0.05) is 11.8 Å². The van der Waals surface area contributed by atoms with Gasteiger partial charge in [0.1, 0.15) is 0 Å². The van der Waals surface area contributed by atoms with Gasteiger partial charge in [0, 0.05) is 5.25 Å². The maximum atomic E-state index is 5.43. The molecule has 0 radical (unpaired) electrons. The molecule has 1 aliphatic rings. The van der Waals surface area contributed by atoms with E-state index in [0.717, 1.165) is 19.5 Å². The average Bonchev–Trinajstić information content (AvgIpc) is 2.17. The largest absolute Gasteiger partial charge is 0.379 e. The van der Waals surface area contributed by atoms with E-state index in [9.17, 15) is 0 Å². The quantitative estimate of drug-likeness (QED) is 0.564. The molecule has 0 saturated heterocycles. The van der Waals surface area contributed by atoms with Gasteiger partial charge in [0.15, 0.2) is 5.17 Å². The van der Waals surface area contributed by atoms with Crippen LogP contribution in [-0.2, 0) is 0 Å². The summed E-state index contributed by atoms with van der Waals surface area (Å²) in [5.41, 5.74) is 10.8. The summed E-state index contributed by atoms with van der Waals surface area (Å²) in [5.74, 6) is 0. The van der Waals surface area contributed by atoms with Gasteiger partial charge in [-0.15, -0.1) is 0 Å². The fourth-order valence-electron chi connectivity index (χ4n) is 0.773. The van der Waals surface area contributed by atoms with Gasteiger partial charge in [0.2, 0.25) is 0 Å². The van der Waals surface area contributed by atoms with Crippen LogP contribution in [-0.4, -0.2) is 23.5 Å². The highest BCUT2D eigenvalue weighted by molar-refractivity contribution is 8.14. The minimum atomic E-state index is 0.551. The molecule has 0 aliphatic carbocycles. The van der Waals surface area contributed by atoms with E-state index in [4.69, 9.17) is 11.5 Å². The first-order chi connectivity index (χ1) is 4.33. The first kappa shape index (κ1) is 6.89. The molecule has 9 heavy (non-hydrogen) atoms. The van der Waals surface area contributed by atoms with E-state index < -0.39 is 0 Å². The van der Waals surface area contributed by atoms with E-state index in [2.05, 4.69) is 4.99 Å². The number of hydrogen-bond donors (Lipinski definition) is 2. The first-order valence-electron chi connectivity index (χ1n) is 2.99. The van der Waals surface area contributed by atoms with E-state index in [-0.39, 0.29) is 0 Å². The summed E-state index contributed by atoms with van der Waals surface area (Å²) < 4.78 is 0. The zero-order chi connectivity index (χ0) is 6.69. The summed E-state index contributed by atoms with van der Waals surface area (Å²) in [6.07, 6.45) is 1.02. The molecule has 0 spiro atoms. The lowest BCUT2D eigenvalue weighted by atomic mass is 10.3. The molecule has 1 rings (SSSR count). The Bertz CT molecular complexity index is 123. The van der Waals surface area contributed by atoms with Crippen LogP contribution in [0.1, 0.15) is 6.42 Å². The highest BCUT2D eigenvalue weighted by Gasteiger charge is 2.15. The Balaban J connectivity index is 2.21. The van der Waals surface area contributed by atoms with Crippen LogP contribution < -0.4 is 11.5 Å². The van der Waals surface area contributed by atoms with Crippen LogP contribution in [0.4, 0.5) is 0 Å². The van der Waals surface area contributed by atoms with E-state index in [1.807, 2.05) is 0 Å². The molecule has 1 heterocycles. The van der Waals surface area contributed by atoms with Gasteiger partial charge >= 0.3 is 0 Å². The molecule has 52 valence electrons. The zero-order valence-electron chi connectivity index (χ0n) is 5.21. The number of aliphatic imine (C=N–C) groups is 1. The van der Waals surface area contributed by atoms with Crippen LogP contribution in [0.25, 0.3) is 0 Å². The van der Waals surface area contributed by atoms with E-state index in [1.165, 1.54) is 0 Å². The molecule has 1 unspecified atom stereocenters. The van der Waals surface area contributed by atoms with Crippen molar-refractivity contribution in [1.29, 1.82) is 0 Å². The maximum absolute atomic E-state index is 5.43. The molecule has 0 amide bonds. The molecule has 0 saturated carbocycles.